The Morgan fingerprint density at radius 1 is 1.20 bits per heavy atom. The molecule has 1 aliphatic heterocycles. The van der Waals surface area contributed by atoms with Gasteiger partial charge in [0.2, 0.25) is 0 Å². The van der Waals surface area contributed by atoms with E-state index in [0.717, 1.165) is 0 Å². The summed E-state index contributed by atoms with van der Waals surface area (Å²) in [5, 5.41) is 9.98. The average Bonchev–Trinajstić information content (AvgIpc) is 2.48. The van der Waals surface area contributed by atoms with E-state index in [1.165, 1.54) is 22.8 Å². The second-order valence-corrected chi connectivity index (χ2v) is 6.49. The van der Waals surface area contributed by atoms with Gasteiger partial charge in [-0.2, -0.15) is 0 Å². The number of sulfonamides is 1. The molecule has 0 spiro atoms. The van der Waals surface area contributed by atoms with Crippen LogP contribution in [-0.4, -0.2) is 25.1 Å². The molecule has 1 aromatic carbocycles. The van der Waals surface area contributed by atoms with Crippen LogP contribution < -0.4 is 4.31 Å². The Morgan fingerprint density at radius 2 is 2.00 bits per heavy atom. The second kappa shape index (κ2) is 4.88. The van der Waals surface area contributed by atoms with E-state index in [-0.39, 0.29) is 11.4 Å². The Kier molecular flexibility index (Phi) is 3.19. The molecule has 6 heteroatoms. The third-order valence-corrected chi connectivity index (χ3v) is 5.19. The van der Waals surface area contributed by atoms with Crippen molar-refractivity contribution in [1.82, 2.24) is 4.98 Å². The highest BCUT2D eigenvalue weighted by molar-refractivity contribution is 7.92. The van der Waals surface area contributed by atoms with Crippen LogP contribution in [0.25, 0.3) is 0 Å². The monoisotopic (exact) mass is 290 g/mol. The summed E-state index contributed by atoms with van der Waals surface area (Å²) in [7, 11) is -3.64. The first-order chi connectivity index (χ1) is 9.60. The van der Waals surface area contributed by atoms with Crippen molar-refractivity contribution >= 4 is 15.7 Å². The van der Waals surface area contributed by atoms with Gasteiger partial charge in [-0.25, -0.2) is 8.42 Å². The first kappa shape index (κ1) is 13.1. The van der Waals surface area contributed by atoms with Crippen LogP contribution >= 0.6 is 0 Å². The molecule has 1 aliphatic rings. The number of benzene rings is 1. The quantitative estimate of drug-likeness (QED) is 0.914. The van der Waals surface area contributed by atoms with E-state index in [0.29, 0.717) is 17.7 Å². The molecule has 0 amide bonds. The van der Waals surface area contributed by atoms with E-state index in [9.17, 15) is 13.5 Å². The van der Waals surface area contributed by atoms with Crippen molar-refractivity contribution in [3.63, 3.8) is 0 Å². The summed E-state index contributed by atoms with van der Waals surface area (Å²) in [6, 6.07) is 10.1. The van der Waals surface area contributed by atoms with Crippen molar-refractivity contribution in [3.05, 3.63) is 54.4 Å². The van der Waals surface area contributed by atoms with Gasteiger partial charge < -0.3 is 5.11 Å². The molecule has 1 N–H and O–H groups in total. The predicted octanol–water partition coefficient (Wildman–Crippen LogP) is 1.71. The number of nitrogens with zero attached hydrogens (tertiary/aromatic N) is 2. The SMILES string of the molecule is O=S(=O)(c1cccnc1)N1CCC(O)c2ccccc21. The van der Waals surface area contributed by atoms with Gasteiger partial charge in [-0.15, -0.1) is 0 Å². The zero-order valence-corrected chi connectivity index (χ0v) is 11.5. The average molecular weight is 290 g/mol. The number of hydrogen-bond acceptors (Lipinski definition) is 4. The topological polar surface area (TPSA) is 70.5 Å². The van der Waals surface area contributed by atoms with E-state index in [2.05, 4.69) is 4.98 Å². The Labute approximate surface area is 117 Å². The van der Waals surface area contributed by atoms with Crippen LogP contribution in [0.1, 0.15) is 18.1 Å². The third kappa shape index (κ3) is 2.07. The maximum absolute atomic E-state index is 12.7. The van der Waals surface area contributed by atoms with Gasteiger partial charge in [-0.1, -0.05) is 18.2 Å². The van der Waals surface area contributed by atoms with Crippen molar-refractivity contribution in [1.29, 1.82) is 0 Å². The maximum Gasteiger partial charge on any atom is 0.265 e. The highest BCUT2D eigenvalue weighted by atomic mass is 32.2. The summed E-state index contributed by atoms with van der Waals surface area (Å²) in [4.78, 5) is 4.02. The van der Waals surface area contributed by atoms with Crippen molar-refractivity contribution in [2.45, 2.75) is 17.4 Å². The molecule has 1 atom stereocenters. The van der Waals surface area contributed by atoms with E-state index < -0.39 is 16.1 Å². The van der Waals surface area contributed by atoms with E-state index in [4.69, 9.17) is 0 Å². The molecule has 0 aliphatic carbocycles. The Balaban J connectivity index is 2.10. The molecule has 1 aromatic heterocycles. The number of aliphatic hydroxyl groups is 1. The number of anilines is 1. The van der Waals surface area contributed by atoms with Crippen molar-refractivity contribution in [2.75, 3.05) is 10.8 Å². The fraction of sp³-hybridized carbons (Fsp3) is 0.214. The van der Waals surface area contributed by atoms with Gasteiger partial charge in [0.1, 0.15) is 4.90 Å². The third-order valence-electron chi connectivity index (χ3n) is 3.39. The Hall–Kier alpha value is -1.92. The molecule has 0 fully saturated rings. The summed E-state index contributed by atoms with van der Waals surface area (Å²) in [6.07, 6.45) is 2.64. The minimum atomic E-state index is -3.64. The zero-order chi connectivity index (χ0) is 14.2. The molecule has 2 heterocycles. The molecule has 104 valence electrons. The second-order valence-electron chi connectivity index (χ2n) is 4.63. The van der Waals surface area contributed by atoms with Gasteiger partial charge in [0.05, 0.1) is 11.8 Å². The molecule has 2 aromatic rings. The highest BCUT2D eigenvalue weighted by Gasteiger charge is 2.32. The minimum Gasteiger partial charge on any atom is -0.388 e. The Morgan fingerprint density at radius 3 is 2.75 bits per heavy atom. The van der Waals surface area contributed by atoms with Crippen LogP contribution in [0.15, 0.2) is 53.7 Å². The predicted molar refractivity (Wildman–Crippen MR) is 74.8 cm³/mol. The molecule has 0 radical (unpaired) electrons. The van der Waals surface area contributed by atoms with Gasteiger partial charge in [0, 0.05) is 24.5 Å². The van der Waals surface area contributed by atoms with E-state index >= 15 is 0 Å². The lowest BCUT2D eigenvalue weighted by Gasteiger charge is -2.32. The molecule has 0 saturated carbocycles. The summed E-state index contributed by atoms with van der Waals surface area (Å²) in [5.41, 5.74) is 1.18. The van der Waals surface area contributed by atoms with Gasteiger partial charge in [-0.3, -0.25) is 9.29 Å². The van der Waals surface area contributed by atoms with Crippen LogP contribution in [0.2, 0.25) is 0 Å². The zero-order valence-electron chi connectivity index (χ0n) is 10.7. The van der Waals surface area contributed by atoms with Crippen LogP contribution in [0.3, 0.4) is 0 Å². The molecule has 0 saturated heterocycles. The molecule has 5 nitrogen and oxygen atoms in total. The van der Waals surface area contributed by atoms with Crippen LogP contribution in [0, 0.1) is 0 Å². The van der Waals surface area contributed by atoms with E-state index in [1.54, 1.807) is 30.3 Å². The van der Waals surface area contributed by atoms with Crippen LogP contribution in [-0.2, 0) is 10.0 Å². The molecular weight excluding hydrogens is 276 g/mol. The van der Waals surface area contributed by atoms with Gasteiger partial charge in [-0.05, 0) is 24.6 Å². The van der Waals surface area contributed by atoms with Crippen molar-refractivity contribution < 1.29 is 13.5 Å². The molecule has 3 rings (SSSR count). The number of rotatable bonds is 2. The lowest BCUT2D eigenvalue weighted by molar-refractivity contribution is 0.166. The summed E-state index contributed by atoms with van der Waals surface area (Å²) in [5.74, 6) is 0. The summed E-state index contributed by atoms with van der Waals surface area (Å²) < 4.78 is 26.7. The van der Waals surface area contributed by atoms with Gasteiger partial charge >= 0.3 is 0 Å². The smallest absolute Gasteiger partial charge is 0.265 e. The molecule has 0 bridgehead atoms. The number of aliphatic hydroxyl groups excluding tert-OH is 1. The number of pyridine rings is 1. The number of fused-ring (bicyclic) bond motifs is 1. The van der Waals surface area contributed by atoms with E-state index in [1.807, 2.05) is 0 Å². The first-order valence-corrected chi connectivity index (χ1v) is 7.74. The highest BCUT2D eigenvalue weighted by Crippen LogP contribution is 2.36. The summed E-state index contributed by atoms with van der Waals surface area (Å²) in [6.45, 7) is 0.259. The number of hydrogen-bond donors (Lipinski definition) is 1. The largest absolute Gasteiger partial charge is 0.388 e. The van der Waals surface area contributed by atoms with Gasteiger partial charge in [0.15, 0.2) is 0 Å². The minimum absolute atomic E-state index is 0.159. The number of aromatic nitrogens is 1. The lowest BCUT2D eigenvalue weighted by Crippen LogP contribution is -2.36. The fourth-order valence-electron chi connectivity index (χ4n) is 2.39. The standard InChI is InChI=1S/C14H14N2O3S/c17-14-7-9-16(13-6-2-1-5-12(13)14)20(18,19)11-4-3-8-15-10-11/h1-6,8,10,14,17H,7,9H2. The molecule has 1 unspecified atom stereocenters. The van der Waals surface area contributed by atoms with Crippen LogP contribution in [0.4, 0.5) is 5.69 Å². The summed E-state index contributed by atoms with van der Waals surface area (Å²) >= 11 is 0. The van der Waals surface area contributed by atoms with Crippen LogP contribution in [0.5, 0.6) is 0 Å². The number of para-hydroxylation sites is 1. The Bertz CT molecular complexity index is 716. The maximum atomic E-state index is 12.7. The normalized spacial score (nSPS) is 18.6. The van der Waals surface area contributed by atoms with Crippen molar-refractivity contribution in [3.8, 4) is 0 Å². The lowest BCUT2D eigenvalue weighted by atomic mass is 10.0. The molecular formula is C14H14N2O3S. The molecule has 20 heavy (non-hydrogen) atoms. The van der Waals surface area contributed by atoms with Gasteiger partial charge in [0.25, 0.3) is 10.0 Å². The van der Waals surface area contributed by atoms with Crippen molar-refractivity contribution in [2.24, 2.45) is 0 Å². The first-order valence-electron chi connectivity index (χ1n) is 6.30. The fourth-order valence-corrected chi connectivity index (χ4v) is 3.86.